The Hall–Kier alpha value is -3.35. The van der Waals surface area contributed by atoms with Crippen molar-refractivity contribution in [3.63, 3.8) is 0 Å². The number of ether oxygens (including phenoxy) is 1. The Morgan fingerprint density at radius 2 is 1.55 bits per heavy atom. The standard InChI is InChI=1S/C26H32N2O5/c1-4-5-14-22(25(30)31)27-24(29)23(16(2)3)28-26(32)33-15-21-19-12-8-6-10-17(19)18-11-7-9-13-20(18)21/h6-13,16,21-23H,4-5,14-15H2,1-3H3,(H,27,29)(H,28,32)(H,30,31). The van der Waals surface area contributed by atoms with Crippen LogP contribution in [0.5, 0.6) is 0 Å². The fourth-order valence-electron chi connectivity index (χ4n) is 4.23. The van der Waals surface area contributed by atoms with Crippen LogP contribution in [0.4, 0.5) is 4.79 Å². The Kier molecular flexibility index (Phi) is 8.09. The molecule has 0 aromatic heterocycles. The summed E-state index contributed by atoms with van der Waals surface area (Å²) < 4.78 is 5.54. The summed E-state index contributed by atoms with van der Waals surface area (Å²) in [4.78, 5) is 36.8. The lowest BCUT2D eigenvalue weighted by molar-refractivity contribution is -0.142. The van der Waals surface area contributed by atoms with E-state index in [0.29, 0.717) is 12.8 Å². The predicted octanol–water partition coefficient (Wildman–Crippen LogP) is 4.31. The van der Waals surface area contributed by atoms with Crippen LogP contribution in [-0.4, -0.2) is 41.8 Å². The van der Waals surface area contributed by atoms with Crippen LogP contribution in [0.1, 0.15) is 57.1 Å². The first-order chi connectivity index (χ1) is 15.8. The number of amides is 2. The van der Waals surface area contributed by atoms with Crippen molar-refractivity contribution in [2.24, 2.45) is 5.92 Å². The van der Waals surface area contributed by atoms with Crippen molar-refractivity contribution >= 4 is 18.0 Å². The molecule has 7 heteroatoms. The van der Waals surface area contributed by atoms with Crippen LogP contribution in [0, 0.1) is 5.92 Å². The number of carbonyl (C=O) groups excluding carboxylic acids is 2. The van der Waals surface area contributed by atoms with Gasteiger partial charge in [-0.3, -0.25) is 4.79 Å². The van der Waals surface area contributed by atoms with Gasteiger partial charge < -0.3 is 20.5 Å². The molecule has 2 atom stereocenters. The Labute approximate surface area is 194 Å². The smallest absolute Gasteiger partial charge is 0.407 e. The molecule has 1 aliphatic rings. The summed E-state index contributed by atoms with van der Waals surface area (Å²) >= 11 is 0. The van der Waals surface area contributed by atoms with Gasteiger partial charge in [-0.25, -0.2) is 9.59 Å². The van der Waals surface area contributed by atoms with Gasteiger partial charge in [-0.1, -0.05) is 82.1 Å². The highest BCUT2D eigenvalue weighted by atomic mass is 16.5. The number of aliphatic carboxylic acids is 1. The second-order valence-corrected chi connectivity index (χ2v) is 8.73. The molecular formula is C26H32N2O5. The molecule has 0 heterocycles. The largest absolute Gasteiger partial charge is 0.480 e. The molecule has 33 heavy (non-hydrogen) atoms. The van der Waals surface area contributed by atoms with Crippen molar-refractivity contribution in [3.8, 4) is 11.1 Å². The van der Waals surface area contributed by atoms with Gasteiger partial charge in [0.25, 0.3) is 0 Å². The molecule has 2 amide bonds. The summed E-state index contributed by atoms with van der Waals surface area (Å²) in [6.45, 7) is 5.67. The van der Waals surface area contributed by atoms with E-state index >= 15 is 0 Å². The molecule has 0 aliphatic heterocycles. The average molecular weight is 453 g/mol. The molecule has 0 radical (unpaired) electrons. The summed E-state index contributed by atoms with van der Waals surface area (Å²) in [6, 6.07) is 14.2. The van der Waals surface area contributed by atoms with Gasteiger partial charge in [-0.15, -0.1) is 0 Å². The number of carboxylic acids is 1. The minimum absolute atomic E-state index is 0.0834. The van der Waals surface area contributed by atoms with Crippen molar-refractivity contribution in [2.75, 3.05) is 6.61 Å². The topological polar surface area (TPSA) is 105 Å². The minimum atomic E-state index is -1.08. The van der Waals surface area contributed by atoms with E-state index in [-0.39, 0.29) is 18.4 Å². The number of rotatable bonds is 10. The van der Waals surface area contributed by atoms with E-state index in [1.54, 1.807) is 13.8 Å². The number of nitrogens with one attached hydrogen (secondary N) is 2. The highest BCUT2D eigenvalue weighted by Crippen LogP contribution is 2.44. The molecule has 1 aliphatic carbocycles. The van der Waals surface area contributed by atoms with E-state index in [9.17, 15) is 19.5 Å². The zero-order valence-corrected chi connectivity index (χ0v) is 19.3. The highest BCUT2D eigenvalue weighted by molar-refractivity contribution is 5.89. The molecule has 0 saturated heterocycles. The minimum Gasteiger partial charge on any atom is -0.480 e. The van der Waals surface area contributed by atoms with Gasteiger partial charge in [-0.05, 0) is 34.6 Å². The van der Waals surface area contributed by atoms with Gasteiger partial charge in [0, 0.05) is 5.92 Å². The molecule has 2 aromatic carbocycles. The van der Waals surface area contributed by atoms with Gasteiger partial charge in [-0.2, -0.15) is 0 Å². The van der Waals surface area contributed by atoms with Crippen molar-refractivity contribution in [3.05, 3.63) is 59.7 Å². The van der Waals surface area contributed by atoms with E-state index in [1.165, 1.54) is 0 Å². The van der Waals surface area contributed by atoms with E-state index in [2.05, 4.69) is 22.8 Å². The van der Waals surface area contributed by atoms with Crippen LogP contribution < -0.4 is 10.6 Å². The molecule has 2 unspecified atom stereocenters. The van der Waals surface area contributed by atoms with Crippen LogP contribution in [0.2, 0.25) is 0 Å². The Bertz CT molecular complexity index is 958. The van der Waals surface area contributed by atoms with Crippen LogP contribution in [-0.2, 0) is 14.3 Å². The maximum absolute atomic E-state index is 12.7. The van der Waals surface area contributed by atoms with Gasteiger partial charge in [0.05, 0.1) is 0 Å². The number of fused-ring (bicyclic) bond motifs is 3. The number of carbonyl (C=O) groups is 3. The van der Waals surface area contributed by atoms with Gasteiger partial charge in [0.1, 0.15) is 18.7 Å². The molecule has 0 fully saturated rings. The zero-order valence-electron chi connectivity index (χ0n) is 19.3. The number of unbranched alkanes of at least 4 members (excludes halogenated alkanes) is 1. The maximum Gasteiger partial charge on any atom is 0.407 e. The first-order valence-electron chi connectivity index (χ1n) is 11.5. The van der Waals surface area contributed by atoms with Crippen molar-refractivity contribution in [1.82, 2.24) is 10.6 Å². The van der Waals surface area contributed by atoms with Crippen LogP contribution >= 0.6 is 0 Å². The van der Waals surface area contributed by atoms with Gasteiger partial charge in [0.2, 0.25) is 5.91 Å². The fraction of sp³-hybridized carbons (Fsp3) is 0.423. The SMILES string of the molecule is CCCCC(NC(=O)C(NC(=O)OCC1c2ccccc2-c2ccccc21)C(C)C)C(=O)O. The third-order valence-electron chi connectivity index (χ3n) is 6.03. The van der Waals surface area contributed by atoms with Gasteiger partial charge >= 0.3 is 12.1 Å². The van der Waals surface area contributed by atoms with E-state index < -0.39 is 30.1 Å². The molecule has 3 rings (SSSR count). The van der Waals surface area contributed by atoms with Crippen molar-refractivity contribution < 1.29 is 24.2 Å². The second kappa shape index (κ2) is 11.0. The quantitative estimate of drug-likeness (QED) is 0.498. The molecule has 176 valence electrons. The first-order valence-corrected chi connectivity index (χ1v) is 11.5. The number of alkyl carbamates (subject to hydrolysis) is 1. The van der Waals surface area contributed by atoms with Crippen molar-refractivity contribution in [1.29, 1.82) is 0 Å². The molecule has 7 nitrogen and oxygen atoms in total. The first kappa shape index (κ1) is 24.3. The van der Waals surface area contributed by atoms with Crippen molar-refractivity contribution in [2.45, 2.75) is 58.0 Å². The maximum atomic E-state index is 12.7. The lowest BCUT2D eigenvalue weighted by atomic mass is 9.98. The third kappa shape index (κ3) is 5.72. The second-order valence-electron chi connectivity index (χ2n) is 8.73. The predicted molar refractivity (Wildman–Crippen MR) is 126 cm³/mol. The fourth-order valence-corrected chi connectivity index (χ4v) is 4.23. The Morgan fingerprint density at radius 1 is 0.970 bits per heavy atom. The van der Waals surface area contributed by atoms with E-state index in [0.717, 1.165) is 28.7 Å². The molecule has 0 bridgehead atoms. The lowest BCUT2D eigenvalue weighted by Crippen LogP contribution is -2.53. The van der Waals surface area contributed by atoms with Crippen LogP contribution in [0.15, 0.2) is 48.5 Å². The van der Waals surface area contributed by atoms with E-state index in [4.69, 9.17) is 4.74 Å². The normalized spacial score (nSPS) is 14.2. The zero-order chi connectivity index (χ0) is 24.0. The summed E-state index contributed by atoms with van der Waals surface area (Å²) in [5, 5.41) is 14.6. The summed E-state index contributed by atoms with van der Waals surface area (Å²) in [6.07, 6.45) is 1.15. The Morgan fingerprint density at radius 3 is 2.06 bits per heavy atom. The average Bonchev–Trinajstić information content (AvgIpc) is 3.12. The molecule has 0 saturated carbocycles. The van der Waals surface area contributed by atoms with Gasteiger partial charge in [0.15, 0.2) is 0 Å². The monoisotopic (exact) mass is 452 g/mol. The Balaban J connectivity index is 1.64. The molecule has 3 N–H and O–H groups in total. The van der Waals surface area contributed by atoms with Crippen LogP contribution in [0.25, 0.3) is 11.1 Å². The highest BCUT2D eigenvalue weighted by Gasteiger charge is 2.31. The molecule has 2 aromatic rings. The van der Waals surface area contributed by atoms with E-state index in [1.807, 2.05) is 43.3 Å². The number of hydrogen-bond donors (Lipinski definition) is 3. The lowest BCUT2D eigenvalue weighted by Gasteiger charge is -2.24. The number of benzene rings is 2. The molecular weight excluding hydrogens is 420 g/mol. The van der Waals surface area contributed by atoms with Crippen LogP contribution in [0.3, 0.4) is 0 Å². The summed E-state index contributed by atoms with van der Waals surface area (Å²) in [5.74, 6) is -1.94. The number of hydrogen-bond acceptors (Lipinski definition) is 4. The summed E-state index contributed by atoms with van der Waals surface area (Å²) in [7, 11) is 0. The number of carboxylic acid groups (broad SMARTS) is 1. The third-order valence-corrected chi connectivity index (χ3v) is 6.03. The molecule has 0 spiro atoms. The summed E-state index contributed by atoms with van der Waals surface area (Å²) in [5.41, 5.74) is 4.47.